The summed E-state index contributed by atoms with van der Waals surface area (Å²) < 4.78 is 5.23. The monoisotopic (exact) mass is 219 g/mol. The van der Waals surface area contributed by atoms with E-state index in [1.54, 1.807) is 6.33 Å². The van der Waals surface area contributed by atoms with Crippen molar-refractivity contribution in [3.05, 3.63) is 29.4 Å². The molecule has 0 spiro atoms. The number of aromatic amines is 1. The van der Waals surface area contributed by atoms with Crippen molar-refractivity contribution in [1.29, 1.82) is 0 Å². The van der Waals surface area contributed by atoms with E-state index in [2.05, 4.69) is 25.4 Å². The quantitative estimate of drug-likeness (QED) is 0.778. The summed E-state index contributed by atoms with van der Waals surface area (Å²) in [6.07, 6.45) is 3.31. The van der Waals surface area contributed by atoms with Gasteiger partial charge in [0.2, 0.25) is 5.89 Å². The number of H-pyrrole nitrogens is 1. The Balaban J connectivity index is 1.83. The fourth-order valence-corrected chi connectivity index (χ4v) is 1.90. The standard InChI is InChI=1S/C10H13N5O/c1-2-9-14-10(16-15-9)7-3-6-8(4-11-7)13-5-12-6/h5,7,11H,2-4H2,1H3,(H,12,13). The molecule has 84 valence electrons. The second kappa shape index (κ2) is 3.71. The molecule has 0 saturated heterocycles. The normalized spacial score (nSPS) is 19.7. The van der Waals surface area contributed by atoms with Crippen LogP contribution in [-0.4, -0.2) is 20.1 Å². The first kappa shape index (κ1) is 9.53. The molecule has 0 fully saturated rings. The van der Waals surface area contributed by atoms with Crippen molar-refractivity contribution >= 4 is 0 Å². The summed E-state index contributed by atoms with van der Waals surface area (Å²) in [6, 6.07) is 0.0867. The summed E-state index contributed by atoms with van der Waals surface area (Å²) in [5.74, 6) is 1.41. The Morgan fingerprint density at radius 3 is 3.31 bits per heavy atom. The zero-order valence-electron chi connectivity index (χ0n) is 9.03. The lowest BCUT2D eigenvalue weighted by Crippen LogP contribution is -2.28. The number of rotatable bonds is 2. The lowest BCUT2D eigenvalue weighted by molar-refractivity contribution is 0.317. The van der Waals surface area contributed by atoms with Gasteiger partial charge in [0.05, 0.1) is 23.8 Å². The zero-order valence-corrected chi connectivity index (χ0v) is 9.03. The third kappa shape index (κ3) is 1.51. The van der Waals surface area contributed by atoms with Crippen LogP contribution in [0.25, 0.3) is 0 Å². The first-order chi connectivity index (χ1) is 7.86. The smallest absolute Gasteiger partial charge is 0.244 e. The summed E-state index contributed by atoms with van der Waals surface area (Å²) >= 11 is 0. The molecule has 3 rings (SSSR count). The van der Waals surface area contributed by atoms with E-state index in [4.69, 9.17) is 4.52 Å². The molecule has 1 atom stereocenters. The highest BCUT2D eigenvalue weighted by molar-refractivity contribution is 5.17. The molecule has 0 amide bonds. The Hall–Kier alpha value is -1.69. The first-order valence-corrected chi connectivity index (χ1v) is 5.43. The fraction of sp³-hybridized carbons (Fsp3) is 0.500. The molecule has 6 heteroatoms. The average molecular weight is 219 g/mol. The van der Waals surface area contributed by atoms with E-state index in [-0.39, 0.29) is 6.04 Å². The van der Waals surface area contributed by atoms with E-state index in [1.807, 2.05) is 6.92 Å². The number of imidazole rings is 1. The minimum absolute atomic E-state index is 0.0867. The third-order valence-electron chi connectivity index (χ3n) is 2.83. The van der Waals surface area contributed by atoms with E-state index in [0.717, 1.165) is 36.6 Å². The summed E-state index contributed by atoms with van der Waals surface area (Å²) in [7, 11) is 0. The Kier molecular flexibility index (Phi) is 2.21. The number of hydrogen-bond acceptors (Lipinski definition) is 5. The molecule has 3 heterocycles. The van der Waals surface area contributed by atoms with Gasteiger partial charge in [0.25, 0.3) is 0 Å². The number of aryl methyl sites for hydroxylation is 1. The molecule has 0 aliphatic carbocycles. The molecule has 2 aromatic rings. The van der Waals surface area contributed by atoms with Crippen molar-refractivity contribution in [3.63, 3.8) is 0 Å². The summed E-state index contributed by atoms with van der Waals surface area (Å²) in [5, 5.41) is 7.25. The van der Waals surface area contributed by atoms with Crippen molar-refractivity contribution in [2.24, 2.45) is 0 Å². The van der Waals surface area contributed by atoms with Gasteiger partial charge in [-0.25, -0.2) is 4.98 Å². The average Bonchev–Trinajstić information content (AvgIpc) is 2.96. The molecule has 0 aromatic carbocycles. The van der Waals surface area contributed by atoms with Gasteiger partial charge in [0.1, 0.15) is 0 Å². The van der Waals surface area contributed by atoms with Crippen molar-refractivity contribution in [1.82, 2.24) is 25.4 Å². The number of nitrogens with zero attached hydrogens (tertiary/aromatic N) is 3. The minimum Gasteiger partial charge on any atom is -0.347 e. The van der Waals surface area contributed by atoms with Gasteiger partial charge in [0, 0.05) is 19.4 Å². The summed E-state index contributed by atoms with van der Waals surface area (Å²) in [5.41, 5.74) is 2.23. The number of hydrogen-bond donors (Lipinski definition) is 2. The molecule has 1 aliphatic heterocycles. The fourth-order valence-electron chi connectivity index (χ4n) is 1.90. The van der Waals surface area contributed by atoms with Crippen molar-refractivity contribution in [2.75, 3.05) is 0 Å². The van der Waals surface area contributed by atoms with Crippen LogP contribution in [0.15, 0.2) is 10.9 Å². The number of aromatic nitrogens is 4. The van der Waals surface area contributed by atoms with Crippen LogP contribution in [0.1, 0.15) is 36.1 Å². The minimum atomic E-state index is 0.0867. The van der Waals surface area contributed by atoms with Crippen LogP contribution in [0, 0.1) is 0 Å². The second-order valence-electron chi connectivity index (χ2n) is 3.87. The van der Waals surface area contributed by atoms with Gasteiger partial charge in [-0.05, 0) is 0 Å². The maximum atomic E-state index is 5.23. The summed E-state index contributed by atoms with van der Waals surface area (Å²) in [6.45, 7) is 2.78. The molecule has 2 N–H and O–H groups in total. The molecule has 2 aromatic heterocycles. The van der Waals surface area contributed by atoms with E-state index in [9.17, 15) is 0 Å². The van der Waals surface area contributed by atoms with Gasteiger partial charge in [-0.3, -0.25) is 5.32 Å². The van der Waals surface area contributed by atoms with Crippen molar-refractivity contribution < 1.29 is 4.52 Å². The van der Waals surface area contributed by atoms with Gasteiger partial charge in [-0.2, -0.15) is 4.98 Å². The molecule has 0 bridgehead atoms. The molecular formula is C10H13N5O. The van der Waals surface area contributed by atoms with Crippen LogP contribution in [0.5, 0.6) is 0 Å². The lowest BCUT2D eigenvalue weighted by atomic mass is 10.1. The number of fused-ring (bicyclic) bond motifs is 1. The third-order valence-corrected chi connectivity index (χ3v) is 2.83. The van der Waals surface area contributed by atoms with E-state index < -0.39 is 0 Å². The van der Waals surface area contributed by atoms with Crippen molar-refractivity contribution in [2.45, 2.75) is 32.4 Å². The molecule has 16 heavy (non-hydrogen) atoms. The van der Waals surface area contributed by atoms with E-state index >= 15 is 0 Å². The first-order valence-electron chi connectivity index (χ1n) is 5.43. The van der Waals surface area contributed by atoms with Gasteiger partial charge in [-0.15, -0.1) is 0 Å². The second-order valence-corrected chi connectivity index (χ2v) is 3.87. The van der Waals surface area contributed by atoms with Gasteiger partial charge < -0.3 is 9.51 Å². The Bertz CT molecular complexity index is 489. The zero-order chi connectivity index (χ0) is 11.0. The lowest BCUT2D eigenvalue weighted by Gasteiger charge is -2.19. The molecule has 0 radical (unpaired) electrons. The summed E-state index contributed by atoms with van der Waals surface area (Å²) in [4.78, 5) is 11.7. The maximum absolute atomic E-state index is 5.23. The predicted octanol–water partition coefficient (Wildman–Crippen LogP) is 0.742. The van der Waals surface area contributed by atoms with Gasteiger partial charge >= 0.3 is 0 Å². The highest BCUT2D eigenvalue weighted by atomic mass is 16.5. The molecule has 0 saturated carbocycles. The Morgan fingerprint density at radius 2 is 2.50 bits per heavy atom. The predicted molar refractivity (Wildman–Crippen MR) is 55.5 cm³/mol. The van der Waals surface area contributed by atoms with Crippen LogP contribution < -0.4 is 5.32 Å². The Labute approximate surface area is 92.5 Å². The number of nitrogens with one attached hydrogen (secondary N) is 2. The largest absolute Gasteiger partial charge is 0.347 e. The highest BCUT2D eigenvalue weighted by Gasteiger charge is 2.25. The Morgan fingerprint density at radius 1 is 1.56 bits per heavy atom. The van der Waals surface area contributed by atoms with E-state index in [0.29, 0.717) is 5.89 Å². The SMILES string of the molecule is CCc1noc(C2Cc3nc[nH]c3CN2)n1. The maximum Gasteiger partial charge on any atom is 0.244 e. The van der Waals surface area contributed by atoms with E-state index in [1.165, 1.54) is 0 Å². The molecule has 6 nitrogen and oxygen atoms in total. The van der Waals surface area contributed by atoms with Crippen LogP contribution in [-0.2, 0) is 19.4 Å². The molecule has 1 unspecified atom stereocenters. The van der Waals surface area contributed by atoms with Crippen LogP contribution >= 0.6 is 0 Å². The van der Waals surface area contributed by atoms with Crippen LogP contribution in [0.4, 0.5) is 0 Å². The van der Waals surface area contributed by atoms with Crippen LogP contribution in [0.2, 0.25) is 0 Å². The van der Waals surface area contributed by atoms with Crippen molar-refractivity contribution in [3.8, 4) is 0 Å². The van der Waals surface area contributed by atoms with Gasteiger partial charge in [0.15, 0.2) is 5.82 Å². The highest BCUT2D eigenvalue weighted by Crippen LogP contribution is 2.22. The topological polar surface area (TPSA) is 79.6 Å². The van der Waals surface area contributed by atoms with Gasteiger partial charge in [-0.1, -0.05) is 12.1 Å². The molecule has 1 aliphatic rings. The molecular weight excluding hydrogens is 206 g/mol. The van der Waals surface area contributed by atoms with Crippen LogP contribution in [0.3, 0.4) is 0 Å².